The summed E-state index contributed by atoms with van der Waals surface area (Å²) in [4.78, 5) is 12.2. The van der Waals surface area contributed by atoms with E-state index in [2.05, 4.69) is 15.4 Å². The van der Waals surface area contributed by atoms with Gasteiger partial charge in [0.1, 0.15) is 17.3 Å². The molecule has 0 saturated carbocycles. The number of rotatable bonds is 3. The maximum atomic E-state index is 12.2. The lowest BCUT2D eigenvalue weighted by Crippen LogP contribution is -2.12. The van der Waals surface area contributed by atoms with E-state index in [0.29, 0.717) is 17.0 Å². The van der Waals surface area contributed by atoms with Crippen LogP contribution in [0.1, 0.15) is 11.5 Å². The number of cyclic esters (lactones) is 1. The van der Waals surface area contributed by atoms with E-state index in [0.717, 1.165) is 11.1 Å². The first-order valence-corrected chi connectivity index (χ1v) is 7.56. The minimum absolute atomic E-state index is 0.334. The van der Waals surface area contributed by atoms with Crippen LogP contribution in [0, 0.1) is 0 Å². The Bertz CT molecular complexity index is 851. The van der Waals surface area contributed by atoms with Crippen LogP contribution >= 0.6 is 0 Å². The zero-order valence-corrected chi connectivity index (χ0v) is 12.7. The van der Waals surface area contributed by atoms with Gasteiger partial charge in [-0.25, -0.2) is 0 Å². The zero-order valence-electron chi connectivity index (χ0n) is 12.7. The largest absolute Gasteiger partial charge is 0.434 e. The number of ether oxygens (including phenoxy) is 1. The van der Waals surface area contributed by atoms with Gasteiger partial charge in [-0.15, -0.1) is 10.2 Å². The Morgan fingerprint density at radius 1 is 0.792 bits per heavy atom. The molecular weight excluding hydrogens is 302 g/mol. The molecule has 1 aliphatic heterocycles. The molecule has 0 aliphatic carbocycles. The molecule has 2 aromatic carbocycles. The Balaban J connectivity index is 1.98. The highest BCUT2D eigenvalue weighted by atomic mass is 16.5. The maximum absolute atomic E-state index is 12.2. The van der Waals surface area contributed by atoms with Crippen LogP contribution in [0.15, 0.2) is 73.0 Å². The van der Waals surface area contributed by atoms with E-state index in [1.54, 1.807) is 6.08 Å². The van der Waals surface area contributed by atoms with E-state index in [1.165, 1.54) is 6.26 Å². The van der Waals surface area contributed by atoms with Gasteiger partial charge in [0.05, 0.1) is 6.26 Å². The van der Waals surface area contributed by atoms with Gasteiger partial charge >= 0.3 is 5.97 Å². The van der Waals surface area contributed by atoms with Crippen molar-refractivity contribution in [3.8, 4) is 22.5 Å². The van der Waals surface area contributed by atoms with E-state index in [9.17, 15) is 4.79 Å². The van der Waals surface area contributed by atoms with Gasteiger partial charge in [-0.1, -0.05) is 60.7 Å². The Labute approximate surface area is 138 Å². The van der Waals surface area contributed by atoms with Crippen LogP contribution < -0.4 is 0 Å². The van der Waals surface area contributed by atoms with Crippen molar-refractivity contribution >= 4 is 5.97 Å². The number of nitrogens with zero attached hydrogens (tertiary/aromatic N) is 3. The molecule has 0 bridgehead atoms. The fourth-order valence-corrected chi connectivity index (χ4v) is 2.80. The minimum Gasteiger partial charge on any atom is -0.434 e. The molecule has 2 heterocycles. The molecule has 5 nitrogen and oxygen atoms in total. The molecule has 0 N–H and O–H groups in total. The summed E-state index contributed by atoms with van der Waals surface area (Å²) in [6.07, 6.45) is 3.14. The van der Waals surface area contributed by atoms with Gasteiger partial charge in [0, 0.05) is 16.7 Å². The summed E-state index contributed by atoms with van der Waals surface area (Å²) in [5.41, 5.74) is 3.75. The average molecular weight is 315 g/mol. The second-order valence-corrected chi connectivity index (χ2v) is 5.38. The van der Waals surface area contributed by atoms with Crippen molar-refractivity contribution in [3.63, 3.8) is 0 Å². The fraction of sp³-hybridized carbons (Fsp3) is 0.0526. The first-order valence-electron chi connectivity index (χ1n) is 7.56. The molecular formula is C19H13N3O2. The molecule has 0 saturated heterocycles. The number of hydrogen-bond acceptors (Lipinski definition) is 5. The van der Waals surface area contributed by atoms with Crippen molar-refractivity contribution in [3.05, 3.63) is 78.6 Å². The maximum Gasteiger partial charge on any atom is 0.322 e. The second-order valence-electron chi connectivity index (χ2n) is 5.38. The van der Waals surface area contributed by atoms with Crippen LogP contribution in [0.3, 0.4) is 0 Å². The zero-order chi connectivity index (χ0) is 16.4. The van der Waals surface area contributed by atoms with Gasteiger partial charge in [0.15, 0.2) is 0 Å². The highest BCUT2D eigenvalue weighted by Gasteiger charge is 2.31. The number of esters is 1. The summed E-state index contributed by atoms with van der Waals surface area (Å²) in [5, 5.41) is 12.3. The van der Waals surface area contributed by atoms with E-state index in [4.69, 9.17) is 4.74 Å². The molecule has 1 unspecified atom stereocenters. The van der Waals surface area contributed by atoms with Crippen molar-refractivity contribution in [1.82, 2.24) is 15.4 Å². The molecule has 0 spiro atoms. The van der Waals surface area contributed by atoms with E-state index in [1.807, 2.05) is 60.7 Å². The van der Waals surface area contributed by atoms with Gasteiger partial charge in [0.2, 0.25) is 0 Å². The monoisotopic (exact) mass is 315 g/mol. The second kappa shape index (κ2) is 6.04. The molecule has 4 rings (SSSR count). The third-order valence-electron chi connectivity index (χ3n) is 3.91. The van der Waals surface area contributed by atoms with Crippen molar-refractivity contribution in [2.45, 2.75) is 5.92 Å². The van der Waals surface area contributed by atoms with Crippen LogP contribution in [0.5, 0.6) is 0 Å². The Kier molecular flexibility index (Phi) is 3.59. The Morgan fingerprint density at radius 2 is 1.33 bits per heavy atom. The van der Waals surface area contributed by atoms with Crippen LogP contribution in [0.25, 0.3) is 22.5 Å². The summed E-state index contributed by atoms with van der Waals surface area (Å²) in [7, 11) is 0. The van der Waals surface area contributed by atoms with E-state index < -0.39 is 5.92 Å². The molecule has 1 aromatic heterocycles. The van der Waals surface area contributed by atoms with Gasteiger partial charge in [-0.2, -0.15) is 0 Å². The number of hydrogen-bond donors (Lipinski definition) is 0. The van der Waals surface area contributed by atoms with Crippen molar-refractivity contribution in [1.29, 1.82) is 0 Å². The molecule has 1 atom stereocenters. The third-order valence-corrected chi connectivity index (χ3v) is 3.91. The average Bonchev–Trinajstić information content (AvgIpc) is 3.08. The first kappa shape index (κ1) is 14.3. The quantitative estimate of drug-likeness (QED) is 0.693. The third kappa shape index (κ3) is 2.46. The number of aromatic nitrogens is 3. The Morgan fingerprint density at radius 3 is 1.79 bits per heavy atom. The SMILES string of the molecule is O=C1OC=CC1c1c(-c2ccccc2)nnnc1-c1ccccc1. The van der Waals surface area contributed by atoms with Gasteiger partial charge in [-0.05, 0) is 11.3 Å². The topological polar surface area (TPSA) is 65.0 Å². The molecule has 1 aliphatic rings. The fourth-order valence-electron chi connectivity index (χ4n) is 2.80. The summed E-state index contributed by atoms with van der Waals surface area (Å²) in [5.74, 6) is -0.877. The lowest BCUT2D eigenvalue weighted by molar-refractivity contribution is -0.136. The van der Waals surface area contributed by atoms with Crippen molar-refractivity contribution in [2.24, 2.45) is 0 Å². The molecule has 116 valence electrons. The van der Waals surface area contributed by atoms with Crippen molar-refractivity contribution < 1.29 is 9.53 Å². The molecule has 0 amide bonds. The summed E-state index contributed by atoms with van der Waals surface area (Å²) >= 11 is 0. The molecule has 0 radical (unpaired) electrons. The minimum atomic E-state index is -0.543. The molecule has 0 fully saturated rings. The van der Waals surface area contributed by atoms with Gasteiger partial charge < -0.3 is 4.74 Å². The lowest BCUT2D eigenvalue weighted by atomic mass is 9.91. The first-order chi connectivity index (χ1) is 11.8. The molecule has 5 heteroatoms. The van der Waals surface area contributed by atoms with E-state index in [-0.39, 0.29) is 5.97 Å². The number of carbonyl (C=O) groups excluding carboxylic acids is 1. The normalized spacial score (nSPS) is 16.2. The highest BCUT2D eigenvalue weighted by Crippen LogP contribution is 2.37. The van der Waals surface area contributed by atoms with E-state index >= 15 is 0 Å². The molecule has 24 heavy (non-hydrogen) atoms. The number of carbonyl (C=O) groups is 1. The summed E-state index contributed by atoms with van der Waals surface area (Å²) in [6.45, 7) is 0. The van der Waals surface area contributed by atoms with Gasteiger partial charge in [-0.3, -0.25) is 4.79 Å². The van der Waals surface area contributed by atoms with Crippen LogP contribution in [-0.4, -0.2) is 21.4 Å². The van der Waals surface area contributed by atoms with Crippen LogP contribution in [0.2, 0.25) is 0 Å². The summed E-state index contributed by atoms with van der Waals surface area (Å²) < 4.78 is 5.01. The predicted molar refractivity (Wildman–Crippen MR) is 88.7 cm³/mol. The highest BCUT2D eigenvalue weighted by molar-refractivity contribution is 5.89. The van der Waals surface area contributed by atoms with Crippen LogP contribution in [0.4, 0.5) is 0 Å². The summed E-state index contributed by atoms with van der Waals surface area (Å²) in [6, 6.07) is 19.3. The lowest BCUT2D eigenvalue weighted by Gasteiger charge is -2.14. The Hall–Kier alpha value is -3.34. The van der Waals surface area contributed by atoms with Crippen molar-refractivity contribution in [2.75, 3.05) is 0 Å². The van der Waals surface area contributed by atoms with Crippen LogP contribution in [-0.2, 0) is 9.53 Å². The number of benzene rings is 2. The molecule has 3 aromatic rings. The standard InChI is InChI=1S/C19H13N3O2/c23-19-15(11-12-24-19)16-17(13-7-3-1-4-8-13)20-22-21-18(16)14-9-5-2-6-10-14/h1-12,15H. The smallest absolute Gasteiger partial charge is 0.322 e. The van der Waals surface area contributed by atoms with Gasteiger partial charge in [0.25, 0.3) is 0 Å². The predicted octanol–water partition coefficient (Wildman–Crippen LogP) is 3.36.